The van der Waals surface area contributed by atoms with Crippen molar-refractivity contribution in [2.24, 2.45) is 39.9 Å². The average Bonchev–Trinajstić information content (AvgIpc) is 3.05. The summed E-state index contributed by atoms with van der Waals surface area (Å²) in [5, 5.41) is 35.0. The zero-order valence-electron chi connectivity index (χ0n) is 23.8. The molecule has 0 radical (unpaired) electrons. The fraction of sp³-hybridized carbons (Fsp3) is 0.806. The Morgan fingerprint density at radius 3 is 2.32 bits per heavy atom. The molecule has 0 bridgehead atoms. The molecule has 4 fully saturated rings. The first kappa shape index (κ1) is 28.4. The van der Waals surface area contributed by atoms with E-state index in [-0.39, 0.29) is 45.7 Å². The van der Waals surface area contributed by atoms with Crippen LogP contribution in [0.25, 0.3) is 0 Å². The van der Waals surface area contributed by atoms with Crippen LogP contribution in [0.2, 0.25) is 0 Å². The summed E-state index contributed by atoms with van der Waals surface area (Å²) in [5.41, 5.74) is 1.31. The lowest BCUT2D eigenvalue weighted by Gasteiger charge is -2.69. The number of fused-ring (bicyclic) bond motifs is 5. The van der Waals surface area contributed by atoms with Crippen LogP contribution >= 0.6 is 0 Å². The minimum atomic E-state index is -1.20. The molecule has 0 aliphatic heterocycles. The third-order valence-corrected chi connectivity index (χ3v) is 11.6. The Morgan fingerprint density at radius 2 is 1.73 bits per heavy atom. The second kappa shape index (κ2) is 9.82. The second-order valence-corrected chi connectivity index (χ2v) is 13.6. The number of carboxylic acids is 1. The summed E-state index contributed by atoms with van der Waals surface area (Å²) in [6.45, 7) is 14.4. The van der Waals surface area contributed by atoms with Gasteiger partial charge in [0.25, 0.3) is 0 Å². The van der Waals surface area contributed by atoms with Crippen molar-refractivity contribution in [2.75, 3.05) is 0 Å². The topological polar surface area (TPSA) is 107 Å². The van der Waals surface area contributed by atoms with Gasteiger partial charge in [-0.05, 0) is 116 Å². The lowest BCUT2D eigenvalue weighted by molar-refractivity contribution is -0.299. The number of aliphatic carboxylic acids is 1. The minimum absolute atomic E-state index is 0.0318. The molecule has 2 N–H and O–H groups in total. The van der Waals surface area contributed by atoms with E-state index >= 15 is 0 Å². The summed E-state index contributed by atoms with van der Waals surface area (Å²) in [7, 11) is 0. The van der Waals surface area contributed by atoms with E-state index in [0.29, 0.717) is 37.2 Å². The first-order chi connectivity index (χ1) is 17.2. The monoisotopic (exact) mass is 515 g/mol. The number of carbonyl (C=O) groups excluding carboxylic acids is 2. The van der Waals surface area contributed by atoms with E-state index in [0.717, 1.165) is 31.3 Å². The molecule has 6 nitrogen and oxygen atoms in total. The van der Waals surface area contributed by atoms with Gasteiger partial charge in [0.05, 0.1) is 18.2 Å². The number of aliphatic hydroxyl groups is 2. The van der Waals surface area contributed by atoms with E-state index in [1.807, 2.05) is 19.9 Å². The summed E-state index contributed by atoms with van der Waals surface area (Å²) in [6.07, 6.45) is 5.92. The number of hydrogen-bond donors (Lipinski definition) is 2. The van der Waals surface area contributed by atoms with Crippen LogP contribution in [0.15, 0.2) is 22.8 Å². The number of aliphatic hydroxyl groups excluding tert-OH is 2. The number of carboxylic acid groups (broad SMARTS) is 1. The maximum absolute atomic E-state index is 12.5. The van der Waals surface area contributed by atoms with Crippen molar-refractivity contribution in [3.05, 3.63) is 22.8 Å². The Hall–Kier alpha value is -1.66. The van der Waals surface area contributed by atoms with Gasteiger partial charge in [0, 0.05) is 6.92 Å². The third kappa shape index (κ3) is 4.40. The van der Waals surface area contributed by atoms with Gasteiger partial charge < -0.3 is 24.9 Å². The van der Waals surface area contributed by atoms with Crippen LogP contribution in [-0.2, 0) is 14.3 Å². The Balaban J connectivity index is 1.82. The summed E-state index contributed by atoms with van der Waals surface area (Å²) in [6, 6.07) is 0. The summed E-state index contributed by atoms with van der Waals surface area (Å²) < 4.78 is 5.84. The quantitative estimate of drug-likeness (QED) is 0.321. The van der Waals surface area contributed by atoms with Gasteiger partial charge in [0.2, 0.25) is 0 Å². The predicted octanol–water partition coefficient (Wildman–Crippen LogP) is 4.33. The third-order valence-electron chi connectivity index (χ3n) is 11.6. The average molecular weight is 516 g/mol. The number of rotatable bonds is 5. The molecule has 4 aliphatic carbocycles. The van der Waals surface area contributed by atoms with E-state index in [2.05, 4.69) is 27.7 Å². The molecule has 0 aromatic heterocycles. The van der Waals surface area contributed by atoms with Crippen LogP contribution in [0.3, 0.4) is 0 Å². The van der Waals surface area contributed by atoms with Crippen molar-refractivity contribution in [2.45, 2.75) is 118 Å². The number of esters is 1. The number of hydrogen-bond acceptors (Lipinski definition) is 6. The number of carbonyl (C=O) groups is 2. The molecule has 0 amide bonds. The predicted molar refractivity (Wildman–Crippen MR) is 140 cm³/mol. The van der Waals surface area contributed by atoms with Gasteiger partial charge in [-0.1, -0.05) is 39.3 Å². The first-order valence-electron chi connectivity index (χ1n) is 14.3. The van der Waals surface area contributed by atoms with Crippen molar-refractivity contribution < 1.29 is 29.6 Å². The Bertz CT molecular complexity index is 994. The van der Waals surface area contributed by atoms with E-state index in [1.54, 1.807) is 0 Å². The lowest BCUT2D eigenvalue weighted by Crippen LogP contribution is -2.65. The molecule has 0 heterocycles. The fourth-order valence-electron chi connectivity index (χ4n) is 9.78. The summed E-state index contributed by atoms with van der Waals surface area (Å²) >= 11 is 0. The van der Waals surface area contributed by atoms with E-state index in [4.69, 9.17) is 4.74 Å². The van der Waals surface area contributed by atoms with Crippen LogP contribution in [0, 0.1) is 39.9 Å². The minimum Gasteiger partial charge on any atom is -0.545 e. The number of allylic oxidation sites excluding steroid dienone is 2. The van der Waals surface area contributed by atoms with Gasteiger partial charge in [0.15, 0.2) is 0 Å². The van der Waals surface area contributed by atoms with Gasteiger partial charge in [-0.2, -0.15) is 0 Å². The molecular formula is C31H47O6-. The van der Waals surface area contributed by atoms with Crippen LogP contribution in [-0.4, -0.2) is 40.5 Å². The Kier molecular flexibility index (Phi) is 7.53. The molecule has 37 heavy (non-hydrogen) atoms. The molecule has 1 unspecified atom stereocenters. The molecule has 4 saturated carbocycles. The Morgan fingerprint density at radius 1 is 1.05 bits per heavy atom. The van der Waals surface area contributed by atoms with Gasteiger partial charge >= 0.3 is 5.97 Å². The molecule has 0 aromatic rings. The normalized spacial score (nSPS) is 46.2. The van der Waals surface area contributed by atoms with Crippen LogP contribution in [0.4, 0.5) is 0 Å². The highest BCUT2D eigenvalue weighted by atomic mass is 16.5. The van der Waals surface area contributed by atoms with Crippen LogP contribution in [0.5, 0.6) is 0 Å². The standard InChI is InChI=1S/C31H48O6/c1-17(2)9-8-10-20(28(35)36)26-22-15-24(34)27-29(5)13-12-23(33)18(3)21(29)11-14-30(27,6)31(22,7)16-25(26)37-19(4)32/h9,18,21-25,27,33-34H,8,10-16H2,1-7H3,(H,35,36)/p-1/b26-20+/t18-,21-,22-,23+,24+,25-,27-,29-,30-,31?/m0/s1. The van der Waals surface area contributed by atoms with E-state index in [9.17, 15) is 24.9 Å². The summed E-state index contributed by atoms with van der Waals surface area (Å²) in [5.74, 6) is -1.25. The van der Waals surface area contributed by atoms with Crippen molar-refractivity contribution in [3.8, 4) is 0 Å². The first-order valence-corrected chi connectivity index (χ1v) is 14.3. The van der Waals surface area contributed by atoms with Gasteiger partial charge in [-0.25, -0.2) is 0 Å². The lowest BCUT2D eigenvalue weighted by atomic mass is 9.36. The van der Waals surface area contributed by atoms with E-state index < -0.39 is 24.1 Å². The highest BCUT2D eigenvalue weighted by Gasteiger charge is 2.70. The zero-order chi connectivity index (χ0) is 27.5. The number of ether oxygens (including phenoxy) is 1. The molecule has 4 aliphatic rings. The fourth-order valence-corrected chi connectivity index (χ4v) is 9.78. The second-order valence-electron chi connectivity index (χ2n) is 13.6. The molecule has 208 valence electrons. The molecule has 0 spiro atoms. The van der Waals surface area contributed by atoms with Crippen LogP contribution in [0.1, 0.15) is 99.8 Å². The van der Waals surface area contributed by atoms with Crippen molar-refractivity contribution in [3.63, 3.8) is 0 Å². The SMILES string of the molecule is CC(=O)O[C@H]1CC2(C)[C@@H](C[C@@H](O)[C@H]3[C@@]4(C)CC[C@@H](O)[C@@H](C)[C@@H]4CC[C@@]32C)/C1=C(/CCC=C(C)C)C(=O)[O-]. The smallest absolute Gasteiger partial charge is 0.303 e. The van der Waals surface area contributed by atoms with Gasteiger partial charge in [-0.15, -0.1) is 0 Å². The van der Waals surface area contributed by atoms with E-state index in [1.165, 1.54) is 6.92 Å². The Labute approximate surface area is 222 Å². The van der Waals surface area contributed by atoms with Gasteiger partial charge in [-0.3, -0.25) is 4.79 Å². The van der Waals surface area contributed by atoms with Crippen LogP contribution < -0.4 is 5.11 Å². The molecule has 4 rings (SSSR count). The highest BCUT2D eigenvalue weighted by Crippen LogP contribution is 2.74. The zero-order valence-corrected chi connectivity index (χ0v) is 23.8. The maximum Gasteiger partial charge on any atom is 0.303 e. The molecule has 10 atom stereocenters. The largest absolute Gasteiger partial charge is 0.545 e. The van der Waals surface area contributed by atoms with Crippen molar-refractivity contribution >= 4 is 11.9 Å². The van der Waals surface area contributed by atoms with Crippen molar-refractivity contribution in [1.82, 2.24) is 0 Å². The molecule has 0 aromatic carbocycles. The molecule has 6 heteroatoms. The van der Waals surface area contributed by atoms with Crippen molar-refractivity contribution in [1.29, 1.82) is 0 Å². The van der Waals surface area contributed by atoms with Gasteiger partial charge in [0.1, 0.15) is 6.10 Å². The highest BCUT2D eigenvalue weighted by molar-refractivity contribution is 5.86. The maximum atomic E-state index is 12.5. The summed E-state index contributed by atoms with van der Waals surface area (Å²) in [4.78, 5) is 24.7. The molecular weight excluding hydrogens is 468 g/mol. The molecule has 0 saturated heterocycles.